The van der Waals surface area contributed by atoms with Gasteiger partial charge in [-0.25, -0.2) is 0 Å². The van der Waals surface area contributed by atoms with Gasteiger partial charge in [0.1, 0.15) is 0 Å². The lowest BCUT2D eigenvalue weighted by atomic mass is 10.1. The van der Waals surface area contributed by atoms with Gasteiger partial charge in [-0.05, 0) is 36.4 Å². The molecule has 0 aromatic heterocycles. The van der Waals surface area contributed by atoms with Crippen LogP contribution in [-0.4, -0.2) is 10.8 Å². The van der Waals surface area contributed by atoms with Crippen molar-refractivity contribution in [2.45, 2.75) is 4.90 Å². The van der Waals surface area contributed by atoms with Gasteiger partial charge in [0, 0.05) is 14.9 Å². The minimum atomic E-state index is -0.0230. The maximum atomic E-state index is 12.1. The van der Waals surface area contributed by atoms with E-state index in [1.54, 1.807) is 0 Å². The van der Waals surface area contributed by atoms with Crippen LogP contribution in [0.1, 0.15) is 10.4 Å². The molecule has 0 aliphatic carbocycles. The standard InChI is InChI=1S/C14H9BrN2OS/c15-9-5-7-10(8-6-9)16-17-14-13(18)11-3-1-2-4-12(11)19-14/h1-8,16H/b17-14+. The molecule has 3 nitrogen and oxygen atoms in total. The monoisotopic (exact) mass is 332 g/mol. The van der Waals surface area contributed by atoms with Crippen LogP contribution in [0, 0.1) is 0 Å². The molecule has 0 bridgehead atoms. The van der Waals surface area contributed by atoms with E-state index in [1.807, 2.05) is 48.5 Å². The average Bonchev–Trinajstić information content (AvgIpc) is 2.76. The summed E-state index contributed by atoms with van der Waals surface area (Å²) in [5, 5.41) is 4.66. The van der Waals surface area contributed by atoms with Crippen LogP contribution in [0.25, 0.3) is 0 Å². The lowest BCUT2D eigenvalue weighted by molar-refractivity contribution is 0.106. The maximum Gasteiger partial charge on any atom is 0.221 e. The molecule has 0 atom stereocenters. The second kappa shape index (κ2) is 5.19. The Morgan fingerprint density at radius 3 is 2.53 bits per heavy atom. The predicted octanol–water partition coefficient (Wildman–Crippen LogP) is 4.16. The van der Waals surface area contributed by atoms with Gasteiger partial charge < -0.3 is 0 Å². The Balaban J connectivity index is 1.80. The number of hydrogen-bond acceptors (Lipinski definition) is 4. The number of benzene rings is 2. The lowest BCUT2D eigenvalue weighted by Gasteiger charge is -2.00. The molecule has 0 spiro atoms. The summed E-state index contributed by atoms with van der Waals surface area (Å²) in [5.41, 5.74) is 4.48. The van der Waals surface area contributed by atoms with Gasteiger partial charge in [0.05, 0.1) is 5.69 Å². The van der Waals surface area contributed by atoms with E-state index in [0.717, 1.165) is 20.6 Å². The molecule has 1 N–H and O–H groups in total. The highest BCUT2D eigenvalue weighted by molar-refractivity contribution is 9.10. The van der Waals surface area contributed by atoms with E-state index in [9.17, 15) is 4.79 Å². The summed E-state index contributed by atoms with van der Waals surface area (Å²) < 4.78 is 1.00. The number of hydrogen-bond donors (Lipinski definition) is 1. The van der Waals surface area contributed by atoms with E-state index in [2.05, 4.69) is 26.5 Å². The smallest absolute Gasteiger partial charge is 0.221 e. The highest BCUT2D eigenvalue weighted by Gasteiger charge is 2.26. The van der Waals surface area contributed by atoms with Crippen molar-refractivity contribution >= 4 is 44.2 Å². The summed E-state index contributed by atoms with van der Waals surface area (Å²) in [6.45, 7) is 0. The first kappa shape index (κ1) is 12.4. The summed E-state index contributed by atoms with van der Waals surface area (Å²) in [7, 11) is 0. The van der Waals surface area contributed by atoms with Crippen LogP contribution in [0.15, 0.2) is 63.0 Å². The molecule has 1 aliphatic heterocycles. The SMILES string of the molecule is O=C1/C(=N\Nc2ccc(Br)cc2)Sc2ccccc21. The minimum Gasteiger partial charge on any atom is -0.286 e. The first-order valence-electron chi connectivity index (χ1n) is 5.65. The number of hydrazone groups is 1. The van der Waals surface area contributed by atoms with Crippen molar-refractivity contribution < 1.29 is 4.79 Å². The Hall–Kier alpha value is -1.59. The lowest BCUT2D eigenvalue weighted by Crippen LogP contribution is -2.06. The number of thioether (sulfide) groups is 1. The Kier molecular flexibility index (Phi) is 3.40. The number of ketones is 1. The Morgan fingerprint density at radius 2 is 1.79 bits per heavy atom. The maximum absolute atomic E-state index is 12.1. The molecule has 0 unspecified atom stereocenters. The quantitative estimate of drug-likeness (QED) is 0.839. The van der Waals surface area contributed by atoms with Crippen molar-refractivity contribution in [1.29, 1.82) is 0 Å². The van der Waals surface area contributed by atoms with E-state index in [0.29, 0.717) is 5.04 Å². The van der Waals surface area contributed by atoms with Crippen LogP contribution in [-0.2, 0) is 0 Å². The molecule has 0 amide bonds. The van der Waals surface area contributed by atoms with Crippen LogP contribution in [0.2, 0.25) is 0 Å². The van der Waals surface area contributed by atoms with Crippen molar-refractivity contribution in [2.24, 2.45) is 5.10 Å². The predicted molar refractivity (Wildman–Crippen MR) is 81.8 cm³/mol. The summed E-state index contributed by atoms with van der Waals surface area (Å²) in [4.78, 5) is 13.0. The van der Waals surface area contributed by atoms with Crippen molar-refractivity contribution in [3.05, 3.63) is 58.6 Å². The van der Waals surface area contributed by atoms with Crippen molar-refractivity contribution in [3.63, 3.8) is 0 Å². The molecule has 0 saturated heterocycles. The van der Waals surface area contributed by atoms with Gasteiger partial charge in [0.15, 0.2) is 5.04 Å². The normalized spacial score (nSPS) is 15.6. The van der Waals surface area contributed by atoms with E-state index >= 15 is 0 Å². The minimum absolute atomic E-state index is 0.0230. The number of fused-ring (bicyclic) bond motifs is 1. The van der Waals surface area contributed by atoms with E-state index in [4.69, 9.17) is 0 Å². The highest BCUT2D eigenvalue weighted by Crippen LogP contribution is 2.33. The summed E-state index contributed by atoms with van der Waals surface area (Å²) in [6.07, 6.45) is 0. The number of carbonyl (C=O) groups excluding carboxylic acids is 1. The largest absolute Gasteiger partial charge is 0.286 e. The first-order chi connectivity index (χ1) is 9.24. The summed E-state index contributed by atoms with van der Waals surface area (Å²) in [6, 6.07) is 15.2. The molecule has 0 radical (unpaired) electrons. The Bertz CT molecular complexity index is 667. The third-order valence-corrected chi connectivity index (χ3v) is 4.24. The van der Waals surface area contributed by atoms with Gasteiger partial charge in [-0.1, -0.05) is 39.8 Å². The van der Waals surface area contributed by atoms with E-state index in [-0.39, 0.29) is 5.78 Å². The molecule has 0 saturated carbocycles. The molecule has 0 fully saturated rings. The average molecular weight is 333 g/mol. The van der Waals surface area contributed by atoms with Crippen LogP contribution in [0.5, 0.6) is 0 Å². The van der Waals surface area contributed by atoms with Crippen molar-refractivity contribution in [2.75, 3.05) is 5.43 Å². The molecule has 1 heterocycles. The molecule has 3 rings (SSSR count). The fraction of sp³-hybridized carbons (Fsp3) is 0. The zero-order valence-corrected chi connectivity index (χ0v) is 12.2. The topological polar surface area (TPSA) is 41.5 Å². The van der Waals surface area contributed by atoms with Gasteiger partial charge in [0.25, 0.3) is 0 Å². The number of anilines is 1. The second-order valence-electron chi connectivity index (χ2n) is 3.96. The number of rotatable bonds is 2. The second-order valence-corrected chi connectivity index (χ2v) is 5.91. The van der Waals surface area contributed by atoms with Crippen molar-refractivity contribution in [1.82, 2.24) is 0 Å². The first-order valence-corrected chi connectivity index (χ1v) is 7.26. The molecule has 5 heteroatoms. The molecule has 2 aromatic rings. The van der Waals surface area contributed by atoms with Crippen LogP contribution >= 0.6 is 27.7 Å². The highest BCUT2D eigenvalue weighted by atomic mass is 79.9. The van der Waals surface area contributed by atoms with E-state index < -0.39 is 0 Å². The molecule has 2 aromatic carbocycles. The molecule has 94 valence electrons. The van der Waals surface area contributed by atoms with Gasteiger partial charge in [-0.15, -0.1) is 0 Å². The van der Waals surface area contributed by atoms with Crippen molar-refractivity contribution in [3.8, 4) is 0 Å². The third kappa shape index (κ3) is 2.57. The fourth-order valence-corrected chi connectivity index (χ4v) is 2.91. The summed E-state index contributed by atoms with van der Waals surface area (Å²) >= 11 is 4.77. The number of Topliss-reactive ketones (excluding diaryl/α,β-unsaturated/α-hetero) is 1. The van der Waals surface area contributed by atoms with E-state index in [1.165, 1.54) is 11.8 Å². The Labute approximate surface area is 123 Å². The van der Waals surface area contributed by atoms with Gasteiger partial charge >= 0.3 is 0 Å². The Morgan fingerprint density at radius 1 is 1.05 bits per heavy atom. The number of nitrogens with one attached hydrogen (secondary N) is 1. The number of halogens is 1. The molecule has 19 heavy (non-hydrogen) atoms. The van der Waals surface area contributed by atoms with Gasteiger partial charge in [0.2, 0.25) is 5.78 Å². The van der Waals surface area contributed by atoms with Crippen LogP contribution < -0.4 is 5.43 Å². The van der Waals surface area contributed by atoms with Gasteiger partial charge in [-0.3, -0.25) is 10.2 Å². The van der Waals surface area contributed by atoms with Gasteiger partial charge in [-0.2, -0.15) is 5.10 Å². The molecule has 1 aliphatic rings. The summed E-state index contributed by atoms with van der Waals surface area (Å²) in [5.74, 6) is -0.0230. The van der Waals surface area contributed by atoms with Crippen LogP contribution in [0.4, 0.5) is 5.69 Å². The number of nitrogens with zero attached hydrogens (tertiary/aromatic N) is 1. The fourth-order valence-electron chi connectivity index (χ4n) is 1.72. The van der Waals surface area contributed by atoms with Crippen LogP contribution in [0.3, 0.4) is 0 Å². The molecular weight excluding hydrogens is 324 g/mol. The molecular formula is C14H9BrN2OS. The zero-order chi connectivity index (χ0) is 13.2. The number of carbonyl (C=O) groups is 1. The zero-order valence-electron chi connectivity index (χ0n) is 9.76. The third-order valence-electron chi connectivity index (χ3n) is 2.66.